The van der Waals surface area contributed by atoms with Crippen molar-refractivity contribution in [2.75, 3.05) is 13.6 Å². The molecule has 0 bridgehead atoms. The van der Waals surface area contributed by atoms with Crippen LogP contribution in [0.2, 0.25) is 0 Å². The van der Waals surface area contributed by atoms with E-state index in [-0.39, 0.29) is 6.10 Å². The first kappa shape index (κ1) is 12.1. The number of likely N-dealkylation sites (N-methyl/N-ethyl adjacent to an activating group) is 1. The number of aromatic nitrogens is 1. The van der Waals surface area contributed by atoms with Crippen LogP contribution in [0, 0.1) is 0 Å². The minimum absolute atomic E-state index is 0.219. The number of aliphatic hydroxyl groups is 1. The molecule has 0 aliphatic carbocycles. The van der Waals surface area contributed by atoms with Crippen molar-refractivity contribution in [1.29, 1.82) is 0 Å². The van der Waals surface area contributed by atoms with Gasteiger partial charge in [0, 0.05) is 19.3 Å². The van der Waals surface area contributed by atoms with Crippen molar-refractivity contribution >= 4 is 0 Å². The fourth-order valence-electron chi connectivity index (χ4n) is 1.62. The van der Waals surface area contributed by atoms with Crippen molar-refractivity contribution in [2.24, 2.45) is 0 Å². The summed E-state index contributed by atoms with van der Waals surface area (Å²) < 4.78 is 0. The number of hydrogen-bond acceptors (Lipinski definition) is 3. The van der Waals surface area contributed by atoms with Gasteiger partial charge in [-0.2, -0.15) is 0 Å². The van der Waals surface area contributed by atoms with Gasteiger partial charge in [0.15, 0.2) is 0 Å². The monoisotopic (exact) mass is 208 g/mol. The Balaban J connectivity index is 2.33. The smallest absolute Gasteiger partial charge is 0.0667 e. The third kappa shape index (κ3) is 4.91. The van der Waals surface area contributed by atoms with Gasteiger partial charge in [-0.25, -0.2) is 0 Å². The highest BCUT2D eigenvalue weighted by molar-refractivity contribution is 5.02. The van der Waals surface area contributed by atoms with Crippen LogP contribution in [-0.4, -0.2) is 34.7 Å². The molecule has 1 atom stereocenters. The van der Waals surface area contributed by atoms with Gasteiger partial charge in [0.05, 0.1) is 11.8 Å². The normalized spacial score (nSPS) is 13.1. The van der Waals surface area contributed by atoms with Crippen LogP contribution in [0.15, 0.2) is 24.4 Å². The fraction of sp³-hybridized carbons (Fsp3) is 0.583. The van der Waals surface area contributed by atoms with E-state index >= 15 is 0 Å². The second kappa shape index (κ2) is 6.53. The molecule has 3 nitrogen and oxygen atoms in total. The van der Waals surface area contributed by atoms with Gasteiger partial charge in [0.2, 0.25) is 0 Å². The van der Waals surface area contributed by atoms with Gasteiger partial charge in [-0.15, -0.1) is 0 Å². The third-order valence-corrected chi connectivity index (χ3v) is 2.30. The molecule has 0 saturated heterocycles. The lowest BCUT2D eigenvalue weighted by Crippen LogP contribution is -2.28. The second-order valence-electron chi connectivity index (χ2n) is 3.96. The summed E-state index contributed by atoms with van der Waals surface area (Å²) in [6.45, 7) is 3.59. The van der Waals surface area contributed by atoms with Gasteiger partial charge in [-0.05, 0) is 25.6 Å². The van der Waals surface area contributed by atoms with Crippen LogP contribution >= 0.6 is 0 Å². The van der Waals surface area contributed by atoms with Crippen molar-refractivity contribution < 1.29 is 5.11 Å². The van der Waals surface area contributed by atoms with Crippen molar-refractivity contribution in [3.05, 3.63) is 30.1 Å². The van der Waals surface area contributed by atoms with E-state index in [1.165, 1.54) is 0 Å². The molecule has 0 amide bonds. The van der Waals surface area contributed by atoms with Crippen LogP contribution in [0.25, 0.3) is 0 Å². The molecule has 0 fully saturated rings. The first-order chi connectivity index (χ1) is 7.22. The maximum atomic E-state index is 9.64. The van der Waals surface area contributed by atoms with Crippen molar-refractivity contribution in [3.8, 4) is 0 Å². The molecule has 1 heterocycles. The van der Waals surface area contributed by atoms with Gasteiger partial charge in [-0.3, -0.25) is 9.88 Å². The summed E-state index contributed by atoms with van der Waals surface area (Å²) in [7, 11) is 2.01. The second-order valence-corrected chi connectivity index (χ2v) is 3.96. The Morgan fingerprint density at radius 2 is 2.27 bits per heavy atom. The van der Waals surface area contributed by atoms with Crippen LogP contribution in [0.3, 0.4) is 0 Å². The average molecular weight is 208 g/mol. The van der Waals surface area contributed by atoms with Gasteiger partial charge < -0.3 is 5.11 Å². The largest absolute Gasteiger partial charge is 0.392 e. The zero-order valence-corrected chi connectivity index (χ0v) is 9.56. The van der Waals surface area contributed by atoms with Gasteiger partial charge in [0.1, 0.15) is 0 Å². The first-order valence-corrected chi connectivity index (χ1v) is 5.49. The summed E-state index contributed by atoms with van der Waals surface area (Å²) in [6, 6.07) is 5.90. The number of aliphatic hydroxyl groups excluding tert-OH is 1. The van der Waals surface area contributed by atoms with Gasteiger partial charge in [0.25, 0.3) is 0 Å². The molecule has 0 aromatic carbocycles. The highest BCUT2D eigenvalue weighted by Crippen LogP contribution is 2.02. The molecule has 1 aromatic rings. The summed E-state index contributed by atoms with van der Waals surface area (Å²) in [5, 5.41) is 9.64. The summed E-state index contributed by atoms with van der Waals surface area (Å²) in [5.41, 5.74) is 1.05. The topological polar surface area (TPSA) is 36.4 Å². The zero-order chi connectivity index (χ0) is 11.1. The average Bonchev–Trinajstić information content (AvgIpc) is 2.19. The van der Waals surface area contributed by atoms with Crippen LogP contribution in [0.4, 0.5) is 0 Å². The molecule has 0 saturated carbocycles. The lowest BCUT2D eigenvalue weighted by atomic mass is 10.2. The van der Waals surface area contributed by atoms with Gasteiger partial charge >= 0.3 is 0 Å². The Morgan fingerprint density at radius 3 is 2.87 bits per heavy atom. The standard InChI is InChI=1S/C12H20N2O/c1-3-6-12(15)10-14(2)9-11-7-4-5-8-13-11/h4-5,7-8,12,15H,3,6,9-10H2,1-2H3. The molecule has 15 heavy (non-hydrogen) atoms. The maximum Gasteiger partial charge on any atom is 0.0667 e. The first-order valence-electron chi connectivity index (χ1n) is 5.49. The Kier molecular flexibility index (Phi) is 5.29. The van der Waals surface area contributed by atoms with E-state index in [2.05, 4.69) is 16.8 Å². The predicted molar refractivity (Wildman–Crippen MR) is 61.5 cm³/mol. The summed E-state index contributed by atoms with van der Waals surface area (Å²) in [6.07, 6.45) is 3.47. The minimum Gasteiger partial charge on any atom is -0.392 e. The summed E-state index contributed by atoms with van der Waals surface area (Å²) in [5.74, 6) is 0. The SMILES string of the molecule is CCCC(O)CN(C)Cc1ccccn1. The highest BCUT2D eigenvalue weighted by Gasteiger charge is 2.07. The van der Waals surface area contributed by atoms with Crippen molar-refractivity contribution in [2.45, 2.75) is 32.4 Å². The van der Waals surface area contributed by atoms with E-state index in [4.69, 9.17) is 0 Å². The van der Waals surface area contributed by atoms with E-state index < -0.39 is 0 Å². The molecule has 1 aromatic heterocycles. The molecular formula is C12H20N2O. The number of rotatable bonds is 6. The molecule has 0 aliphatic heterocycles. The van der Waals surface area contributed by atoms with Crippen LogP contribution in [0.5, 0.6) is 0 Å². The number of pyridine rings is 1. The Bertz CT molecular complexity index is 264. The molecule has 1 N–H and O–H groups in total. The highest BCUT2D eigenvalue weighted by atomic mass is 16.3. The Labute approximate surface area is 91.8 Å². The van der Waals surface area contributed by atoms with E-state index in [9.17, 15) is 5.11 Å². The molecule has 0 aliphatic rings. The minimum atomic E-state index is -0.219. The van der Waals surface area contributed by atoms with Crippen LogP contribution in [0.1, 0.15) is 25.5 Å². The lowest BCUT2D eigenvalue weighted by Gasteiger charge is -2.19. The van der Waals surface area contributed by atoms with Gasteiger partial charge in [-0.1, -0.05) is 19.4 Å². The van der Waals surface area contributed by atoms with Crippen LogP contribution < -0.4 is 0 Å². The molecule has 84 valence electrons. The van der Waals surface area contributed by atoms with Crippen molar-refractivity contribution in [1.82, 2.24) is 9.88 Å². The predicted octanol–water partition coefficient (Wildman–Crippen LogP) is 1.67. The summed E-state index contributed by atoms with van der Waals surface area (Å²) >= 11 is 0. The van der Waals surface area contributed by atoms with Crippen molar-refractivity contribution in [3.63, 3.8) is 0 Å². The molecule has 0 radical (unpaired) electrons. The van der Waals surface area contributed by atoms with Crippen LogP contribution in [-0.2, 0) is 6.54 Å². The van der Waals surface area contributed by atoms with E-state index in [1.54, 1.807) is 6.20 Å². The zero-order valence-electron chi connectivity index (χ0n) is 9.56. The lowest BCUT2D eigenvalue weighted by molar-refractivity contribution is 0.114. The molecule has 3 heteroatoms. The quantitative estimate of drug-likeness (QED) is 0.772. The Morgan fingerprint density at radius 1 is 1.47 bits per heavy atom. The van der Waals surface area contributed by atoms with E-state index in [0.717, 1.165) is 25.1 Å². The maximum absolute atomic E-state index is 9.64. The fourth-order valence-corrected chi connectivity index (χ4v) is 1.62. The molecule has 1 rings (SSSR count). The summed E-state index contributed by atoms with van der Waals surface area (Å²) in [4.78, 5) is 6.35. The molecule has 1 unspecified atom stereocenters. The molecule has 0 spiro atoms. The Hall–Kier alpha value is -0.930. The van der Waals surface area contributed by atoms with E-state index in [0.29, 0.717) is 6.54 Å². The third-order valence-electron chi connectivity index (χ3n) is 2.30. The number of nitrogens with zero attached hydrogens (tertiary/aromatic N) is 2. The molecular weight excluding hydrogens is 188 g/mol. The van der Waals surface area contributed by atoms with E-state index in [1.807, 2.05) is 25.2 Å². The number of hydrogen-bond donors (Lipinski definition) is 1.